The molecule has 0 aliphatic carbocycles. The molecule has 28 heavy (non-hydrogen) atoms. The molecule has 0 atom stereocenters. The van der Waals surface area contributed by atoms with E-state index in [9.17, 15) is 9.59 Å². The molecule has 0 aliphatic heterocycles. The molecule has 1 aromatic carbocycles. The van der Waals surface area contributed by atoms with Crippen LogP contribution in [0.1, 0.15) is 25.2 Å². The van der Waals surface area contributed by atoms with E-state index >= 15 is 0 Å². The number of H-pyrrole nitrogens is 1. The molecule has 0 fully saturated rings. The third-order valence-corrected chi connectivity index (χ3v) is 4.38. The number of nitrogens with zero attached hydrogens (tertiary/aromatic N) is 3. The summed E-state index contributed by atoms with van der Waals surface area (Å²) in [6.45, 7) is 5.42. The summed E-state index contributed by atoms with van der Waals surface area (Å²) in [6, 6.07) is 7.60. The van der Waals surface area contributed by atoms with Crippen molar-refractivity contribution < 1.29 is 9.47 Å². The molecule has 0 saturated carbocycles. The third kappa shape index (κ3) is 3.91. The van der Waals surface area contributed by atoms with Crippen LogP contribution in [0.25, 0.3) is 23.3 Å². The molecule has 2 aromatic heterocycles. The van der Waals surface area contributed by atoms with Crippen molar-refractivity contribution >= 4 is 23.3 Å². The maximum absolute atomic E-state index is 12.5. The van der Waals surface area contributed by atoms with E-state index < -0.39 is 0 Å². The van der Waals surface area contributed by atoms with Crippen LogP contribution in [-0.4, -0.2) is 39.4 Å². The summed E-state index contributed by atoms with van der Waals surface area (Å²) >= 11 is 0. The first-order chi connectivity index (χ1) is 13.6. The molecule has 3 aromatic rings. The fraction of sp³-hybridized carbons (Fsp3) is 0.350. The van der Waals surface area contributed by atoms with Crippen LogP contribution >= 0.6 is 0 Å². The number of methoxy groups -OCH3 is 1. The number of benzene rings is 1. The van der Waals surface area contributed by atoms with Gasteiger partial charge in [-0.3, -0.25) is 13.9 Å². The molecule has 0 radical (unpaired) electrons. The van der Waals surface area contributed by atoms with Crippen molar-refractivity contribution in [1.82, 2.24) is 19.1 Å². The lowest BCUT2D eigenvalue weighted by molar-refractivity contribution is 0.146. The molecular formula is C20H24N4O4. The highest BCUT2D eigenvalue weighted by atomic mass is 16.5. The highest BCUT2D eigenvalue weighted by Crippen LogP contribution is 2.15. The van der Waals surface area contributed by atoms with Gasteiger partial charge in [-0.2, -0.15) is 0 Å². The Hall–Kier alpha value is -3.13. The molecule has 2 heterocycles. The van der Waals surface area contributed by atoms with E-state index in [4.69, 9.17) is 9.47 Å². The third-order valence-electron chi connectivity index (χ3n) is 4.38. The Morgan fingerprint density at radius 1 is 1.04 bits per heavy atom. The summed E-state index contributed by atoms with van der Waals surface area (Å²) in [7, 11) is 1.63. The number of imidazole rings is 1. The normalized spacial score (nSPS) is 11.5. The van der Waals surface area contributed by atoms with Crippen LogP contribution < -0.4 is 16.0 Å². The maximum Gasteiger partial charge on any atom is 0.332 e. The number of hydrogen-bond donors (Lipinski definition) is 1. The van der Waals surface area contributed by atoms with Gasteiger partial charge in [0, 0.05) is 20.2 Å². The van der Waals surface area contributed by atoms with E-state index in [1.165, 1.54) is 9.13 Å². The Morgan fingerprint density at radius 3 is 2.39 bits per heavy atom. The lowest BCUT2D eigenvalue weighted by atomic mass is 10.2. The summed E-state index contributed by atoms with van der Waals surface area (Å²) in [6.07, 6.45) is 3.66. The fourth-order valence-electron chi connectivity index (χ4n) is 2.92. The Labute approximate surface area is 162 Å². The molecule has 8 heteroatoms. The van der Waals surface area contributed by atoms with Gasteiger partial charge in [0.05, 0.1) is 6.61 Å². The molecular weight excluding hydrogens is 360 g/mol. The number of aromatic amines is 1. The minimum Gasteiger partial charge on any atom is -0.491 e. The zero-order valence-corrected chi connectivity index (χ0v) is 16.3. The number of hydrogen-bond acceptors (Lipinski definition) is 5. The van der Waals surface area contributed by atoms with Crippen molar-refractivity contribution in [1.29, 1.82) is 0 Å². The highest BCUT2D eigenvalue weighted by Gasteiger charge is 2.14. The Kier molecular flexibility index (Phi) is 6.10. The first-order valence-corrected chi connectivity index (χ1v) is 9.22. The lowest BCUT2D eigenvalue weighted by Crippen LogP contribution is -2.39. The number of nitrogens with one attached hydrogen (secondary N) is 1. The summed E-state index contributed by atoms with van der Waals surface area (Å²) in [5, 5.41) is 0. The molecule has 0 aliphatic rings. The van der Waals surface area contributed by atoms with E-state index in [2.05, 4.69) is 9.97 Å². The van der Waals surface area contributed by atoms with Gasteiger partial charge < -0.3 is 14.5 Å². The SMILES string of the molecule is CCn1c(=O)c2[nH]c(/C=C/c3ccc(OCCOC)cc3)nc2n(CC)c1=O. The molecule has 3 rings (SSSR count). The van der Waals surface area contributed by atoms with Crippen LogP contribution in [0.5, 0.6) is 5.75 Å². The number of aryl methyl sites for hydroxylation is 1. The highest BCUT2D eigenvalue weighted by molar-refractivity contribution is 5.75. The summed E-state index contributed by atoms with van der Waals surface area (Å²) < 4.78 is 13.2. The van der Waals surface area contributed by atoms with E-state index in [-0.39, 0.29) is 11.2 Å². The van der Waals surface area contributed by atoms with Gasteiger partial charge in [-0.1, -0.05) is 18.2 Å². The minimum atomic E-state index is -0.350. The van der Waals surface area contributed by atoms with Crippen molar-refractivity contribution in [3.8, 4) is 5.75 Å². The number of fused-ring (bicyclic) bond motifs is 1. The van der Waals surface area contributed by atoms with Crippen LogP contribution in [0.3, 0.4) is 0 Å². The van der Waals surface area contributed by atoms with Gasteiger partial charge in [0.1, 0.15) is 23.7 Å². The van der Waals surface area contributed by atoms with E-state index in [1.807, 2.05) is 37.3 Å². The van der Waals surface area contributed by atoms with Crippen LogP contribution in [0, 0.1) is 0 Å². The first-order valence-electron chi connectivity index (χ1n) is 9.22. The van der Waals surface area contributed by atoms with Crippen molar-refractivity contribution in [2.24, 2.45) is 0 Å². The minimum absolute atomic E-state index is 0.316. The van der Waals surface area contributed by atoms with Gasteiger partial charge in [-0.15, -0.1) is 0 Å². The van der Waals surface area contributed by atoms with Gasteiger partial charge in [-0.05, 0) is 37.6 Å². The molecule has 0 bridgehead atoms. The molecule has 148 valence electrons. The predicted molar refractivity (Wildman–Crippen MR) is 109 cm³/mol. The van der Waals surface area contributed by atoms with Crippen molar-refractivity contribution in [2.75, 3.05) is 20.3 Å². The van der Waals surface area contributed by atoms with Crippen molar-refractivity contribution in [3.05, 3.63) is 56.5 Å². The first kappa shape index (κ1) is 19.6. The van der Waals surface area contributed by atoms with Gasteiger partial charge in [0.2, 0.25) is 0 Å². The average Bonchev–Trinajstić information content (AvgIpc) is 3.13. The zero-order chi connectivity index (χ0) is 20.1. The fourth-order valence-corrected chi connectivity index (χ4v) is 2.92. The Balaban J connectivity index is 1.87. The van der Waals surface area contributed by atoms with Crippen molar-refractivity contribution in [3.63, 3.8) is 0 Å². The average molecular weight is 384 g/mol. The van der Waals surface area contributed by atoms with Gasteiger partial charge >= 0.3 is 5.69 Å². The maximum atomic E-state index is 12.5. The monoisotopic (exact) mass is 384 g/mol. The molecule has 8 nitrogen and oxygen atoms in total. The topological polar surface area (TPSA) is 91.1 Å². The molecule has 0 unspecified atom stereocenters. The molecule has 0 spiro atoms. The van der Waals surface area contributed by atoms with E-state index in [0.29, 0.717) is 43.3 Å². The Morgan fingerprint density at radius 2 is 1.75 bits per heavy atom. The van der Waals surface area contributed by atoms with Gasteiger partial charge in [0.25, 0.3) is 5.56 Å². The van der Waals surface area contributed by atoms with Crippen LogP contribution in [0.4, 0.5) is 0 Å². The standard InChI is InChI=1S/C20H24N4O4/c1-4-23-18-17(19(25)24(5-2)20(23)26)21-16(22-18)11-8-14-6-9-15(10-7-14)28-13-12-27-3/h6-11H,4-5,12-13H2,1-3H3,(H,21,22)/b11-8+. The van der Waals surface area contributed by atoms with Gasteiger partial charge in [-0.25, -0.2) is 9.78 Å². The predicted octanol–water partition coefficient (Wildman–Crippen LogP) is 2.12. The second kappa shape index (κ2) is 8.71. The second-order valence-electron chi connectivity index (χ2n) is 6.14. The molecule has 0 saturated heterocycles. The van der Waals surface area contributed by atoms with Crippen LogP contribution in [0.2, 0.25) is 0 Å². The number of aromatic nitrogens is 4. The second-order valence-corrected chi connectivity index (χ2v) is 6.14. The van der Waals surface area contributed by atoms with Gasteiger partial charge in [0.15, 0.2) is 5.65 Å². The summed E-state index contributed by atoms with van der Waals surface area (Å²) in [5.74, 6) is 1.29. The lowest BCUT2D eigenvalue weighted by Gasteiger charge is -2.06. The Bertz CT molecular complexity index is 1090. The van der Waals surface area contributed by atoms with Crippen molar-refractivity contribution in [2.45, 2.75) is 26.9 Å². The summed E-state index contributed by atoms with van der Waals surface area (Å²) in [5.41, 5.74) is 0.984. The smallest absolute Gasteiger partial charge is 0.332 e. The summed E-state index contributed by atoms with van der Waals surface area (Å²) in [4.78, 5) is 32.4. The molecule has 0 amide bonds. The quantitative estimate of drug-likeness (QED) is 0.601. The van der Waals surface area contributed by atoms with E-state index in [0.717, 1.165) is 11.3 Å². The van der Waals surface area contributed by atoms with Crippen LogP contribution in [-0.2, 0) is 17.8 Å². The zero-order valence-electron chi connectivity index (χ0n) is 16.3. The largest absolute Gasteiger partial charge is 0.491 e. The van der Waals surface area contributed by atoms with E-state index in [1.54, 1.807) is 20.1 Å². The molecule has 1 N–H and O–H groups in total. The van der Waals surface area contributed by atoms with Crippen LogP contribution in [0.15, 0.2) is 33.9 Å². The number of ether oxygens (including phenoxy) is 2. The number of rotatable bonds is 8.